The molecule has 1 aromatic heterocycles. The first-order chi connectivity index (χ1) is 8.88. The average molecular weight is 283 g/mol. The molecule has 19 heavy (non-hydrogen) atoms. The third kappa shape index (κ3) is 4.28. The smallest absolute Gasteiger partial charge is 0.0596 e. The lowest BCUT2D eigenvalue weighted by Crippen LogP contribution is -2.47. The van der Waals surface area contributed by atoms with Gasteiger partial charge in [0.05, 0.1) is 6.04 Å². The Kier molecular flexibility index (Phi) is 6.47. The second-order valence-electron chi connectivity index (χ2n) is 5.71. The van der Waals surface area contributed by atoms with Gasteiger partial charge in [0.15, 0.2) is 0 Å². The van der Waals surface area contributed by atoms with E-state index in [0.29, 0.717) is 12.1 Å². The molecule has 0 saturated carbocycles. The van der Waals surface area contributed by atoms with E-state index in [9.17, 15) is 0 Å². The van der Waals surface area contributed by atoms with Crippen molar-refractivity contribution in [1.82, 2.24) is 9.80 Å². The molecular weight excluding hydrogens is 254 g/mol. The standard InChI is InChI=1S/C15H29N3S/c1-7-18(12(3)10-17(5)6)14(13(4)16)15-11(2)8-9-19-15/h8-9,12-14H,7,10,16H2,1-6H3. The highest BCUT2D eigenvalue weighted by molar-refractivity contribution is 7.10. The van der Waals surface area contributed by atoms with Crippen LogP contribution < -0.4 is 5.73 Å². The van der Waals surface area contributed by atoms with E-state index >= 15 is 0 Å². The molecule has 110 valence electrons. The quantitative estimate of drug-likeness (QED) is 0.835. The predicted octanol–water partition coefficient (Wildman–Crippen LogP) is 2.72. The van der Waals surface area contributed by atoms with Crippen molar-refractivity contribution in [2.24, 2.45) is 5.73 Å². The van der Waals surface area contributed by atoms with Gasteiger partial charge in [-0.25, -0.2) is 0 Å². The van der Waals surface area contributed by atoms with E-state index < -0.39 is 0 Å². The van der Waals surface area contributed by atoms with Gasteiger partial charge in [-0.05, 0) is 58.4 Å². The zero-order chi connectivity index (χ0) is 14.6. The monoisotopic (exact) mass is 283 g/mol. The Morgan fingerprint density at radius 3 is 2.32 bits per heavy atom. The molecular formula is C15H29N3S. The van der Waals surface area contributed by atoms with Crippen molar-refractivity contribution in [2.75, 3.05) is 27.2 Å². The van der Waals surface area contributed by atoms with Crippen molar-refractivity contribution < 1.29 is 0 Å². The number of rotatable bonds is 7. The summed E-state index contributed by atoms with van der Waals surface area (Å²) in [6.07, 6.45) is 0. The highest BCUT2D eigenvalue weighted by atomic mass is 32.1. The molecule has 1 aromatic rings. The molecule has 0 aliphatic carbocycles. The SMILES string of the molecule is CCN(C(C)CN(C)C)C(c1sccc1C)C(C)N. The minimum atomic E-state index is 0.141. The molecule has 2 N–H and O–H groups in total. The second kappa shape index (κ2) is 7.39. The summed E-state index contributed by atoms with van der Waals surface area (Å²) < 4.78 is 0. The largest absolute Gasteiger partial charge is 0.326 e. The van der Waals surface area contributed by atoms with Gasteiger partial charge in [0.2, 0.25) is 0 Å². The van der Waals surface area contributed by atoms with Gasteiger partial charge in [-0.1, -0.05) is 6.92 Å². The van der Waals surface area contributed by atoms with Crippen LogP contribution in [0.5, 0.6) is 0 Å². The van der Waals surface area contributed by atoms with Gasteiger partial charge in [0.25, 0.3) is 0 Å². The van der Waals surface area contributed by atoms with Gasteiger partial charge in [-0.15, -0.1) is 11.3 Å². The van der Waals surface area contributed by atoms with Crippen LogP contribution in [0.3, 0.4) is 0 Å². The van der Waals surface area contributed by atoms with Gasteiger partial charge < -0.3 is 10.6 Å². The molecule has 0 fully saturated rings. The van der Waals surface area contributed by atoms with E-state index in [1.165, 1.54) is 10.4 Å². The molecule has 4 heteroatoms. The maximum Gasteiger partial charge on any atom is 0.0596 e. The van der Waals surface area contributed by atoms with E-state index in [-0.39, 0.29) is 6.04 Å². The number of hydrogen-bond donors (Lipinski definition) is 1. The van der Waals surface area contributed by atoms with Crippen LogP contribution in [0.15, 0.2) is 11.4 Å². The maximum absolute atomic E-state index is 6.29. The number of nitrogens with two attached hydrogens (primary N) is 1. The highest BCUT2D eigenvalue weighted by Gasteiger charge is 2.28. The second-order valence-corrected chi connectivity index (χ2v) is 6.66. The van der Waals surface area contributed by atoms with Crippen LogP contribution in [-0.2, 0) is 0 Å². The lowest BCUT2D eigenvalue weighted by Gasteiger charge is -2.38. The summed E-state index contributed by atoms with van der Waals surface area (Å²) in [5.74, 6) is 0. The molecule has 0 amide bonds. The van der Waals surface area contributed by atoms with Crippen molar-refractivity contribution in [1.29, 1.82) is 0 Å². The predicted molar refractivity (Wildman–Crippen MR) is 85.8 cm³/mol. The first-order valence-electron chi connectivity index (χ1n) is 7.08. The lowest BCUT2D eigenvalue weighted by atomic mass is 10.0. The van der Waals surface area contributed by atoms with Crippen molar-refractivity contribution in [2.45, 2.75) is 45.8 Å². The summed E-state index contributed by atoms with van der Waals surface area (Å²) in [6.45, 7) is 10.9. The number of aryl methyl sites for hydroxylation is 1. The van der Waals surface area contributed by atoms with Crippen LogP contribution in [0.25, 0.3) is 0 Å². The molecule has 3 nitrogen and oxygen atoms in total. The fraction of sp³-hybridized carbons (Fsp3) is 0.733. The number of nitrogens with zero attached hydrogens (tertiary/aromatic N) is 2. The topological polar surface area (TPSA) is 32.5 Å². The van der Waals surface area contributed by atoms with Crippen LogP contribution >= 0.6 is 11.3 Å². The van der Waals surface area contributed by atoms with E-state index in [1.807, 2.05) is 11.3 Å². The molecule has 0 aliphatic rings. The zero-order valence-electron chi connectivity index (χ0n) is 13.2. The molecule has 0 radical (unpaired) electrons. The Hall–Kier alpha value is -0.420. The Balaban J connectivity index is 2.99. The molecule has 0 aliphatic heterocycles. The Morgan fingerprint density at radius 2 is 1.95 bits per heavy atom. The molecule has 3 atom stereocenters. The van der Waals surface area contributed by atoms with Gasteiger partial charge in [0.1, 0.15) is 0 Å². The van der Waals surface area contributed by atoms with Crippen molar-refractivity contribution in [3.8, 4) is 0 Å². The van der Waals surface area contributed by atoms with Crippen LogP contribution in [-0.4, -0.2) is 49.1 Å². The molecule has 0 spiro atoms. The fourth-order valence-electron chi connectivity index (χ4n) is 2.79. The van der Waals surface area contributed by atoms with Crippen LogP contribution in [0.4, 0.5) is 0 Å². The lowest BCUT2D eigenvalue weighted by molar-refractivity contribution is 0.115. The van der Waals surface area contributed by atoms with E-state index in [2.05, 4.69) is 63.0 Å². The van der Waals surface area contributed by atoms with Crippen molar-refractivity contribution in [3.05, 3.63) is 21.9 Å². The van der Waals surface area contributed by atoms with Crippen LogP contribution in [0.1, 0.15) is 37.3 Å². The number of thiophene rings is 1. The third-order valence-electron chi connectivity index (χ3n) is 3.59. The summed E-state index contributed by atoms with van der Waals surface area (Å²) in [5, 5.41) is 2.17. The third-order valence-corrected chi connectivity index (χ3v) is 4.68. The Bertz CT molecular complexity index is 373. The Labute approximate surface area is 122 Å². The zero-order valence-corrected chi connectivity index (χ0v) is 14.0. The van der Waals surface area contributed by atoms with Crippen molar-refractivity contribution in [3.63, 3.8) is 0 Å². The molecule has 1 heterocycles. The van der Waals surface area contributed by atoms with E-state index in [1.54, 1.807) is 0 Å². The minimum Gasteiger partial charge on any atom is -0.326 e. The number of likely N-dealkylation sites (N-methyl/N-ethyl adjacent to an activating group) is 2. The van der Waals surface area contributed by atoms with Crippen molar-refractivity contribution >= 4 is 11.3 Å². The van der Waals surface area contributed by atoms with Gasteiger partial charge in [0, 0.05) is 23.5 Å². The number of hydrogen-bond acceptors (Lipinski definition) is 4. The summed E-state index contributed by atoms with van der Waals surface area (Å²) in [5.41, 5.74) is 7.66. The maximum atomic E-state index is 6.29. The molecule has 3 unspecified atom stereocenters. The first kappa shape index (κ1) is 16.6. The minimum absolute atomic E-state index is 0.141. The summed E-state index contributed by atoms with van der Waals surface area (Å²) in [7, 11) is 4.25. The molecule has 1 rings (SSSR count). The fourth-order valence-corrected chi connectivity index (χ4v) is 3.96. The summed E-state index contributed by atoms with van der Waals surface area (Å²) in [4.78, 5) is 6.19. The van der Waals surface area contributed by atoms with Gasteiger partial charge >= 0.3 is 0 Å². The van der Waals surface area contributed by atoms with E-state index in [0.717, 1.165) is 13.1 Å². The van der Waals surface area contributed by atoms with E-state index in [4.69, 9.17) is 5.73 Å². The average Bonchev–Trinajstić information content (AvgIpc) is 2.70. The molecule has 0 aromatic carbocycles. The van der Waals surface area contributed by atoms with Crippen LogP contribution in [0.2, 0.25) is 0 Å². The Morgan fingerprint density at radius 1 is 1.32 bits per heavy atom. The molecule has 0 saturated heterocycles. The first-order valence-corrected chi connectivity index (χ1v) is 7.96. The van der Waals surface area contributed by atoms with Gasteiger partial charge in [-0.2, -0.15) is 0 Å². The van der Waals surface area contributed by atoms with Gasteiger partial charge in [-0.3, -0.25) is 4.90 Å². The summed E-state index contributed by atoms with van der Waals surface area (Å²) >= 11 is 1.83. The summed E-state index contributed by atoms with van der Waals surface area (Å²) in [6, 6.07) is 3.15. The molecule has 0 bridgehead atoms. The normalized spacial score (nSPS) is 16.9. The highest BCUT2D eigenvalue weighted by Crippen LogP contribution is 2.32. The van der Waals surface area contributed by atoms with Crippen LogP contribution in [0, 0.1) is 6.92 Å².